The number of aromatic hydroxyl groups is 1. The lowest BCUT2D eigenvalue weighted by Gasteiger charge is -2.42. The molecular formula is C60H73F4N11O7. The number of piperidine rings is 2. The lowest BCUT2D eigenvalue weighted by Crippen LogP contribution is -2.48. The van der Waals surface area contributed by atoms with E-state index in [4.69, 9.17) is 34.1 Å². The van der Waals surface area contributed by atoms with Crippen molar-refractivity contribution in [1.29, 1.82) is 0 Å². The van der Waals surface area contributed by atoms with E-state index >= 15 is 17.6 Å². The first-order valence-electron chi connectivity index (χ1n) is 29.2. The number of hydrogen-bond donors (Lipinski definition) is 2. The number of anilines is 2. The Labute approximate surface area is 473 Å². The summed E-state index contributed by atoms with van der Waals surface area (Å²) in [5.41, 5.74) is 2.85. The second kappa shape index (κ2) is 23.7. The van der Waals surface area contributed by atoms with Crippen LogP contribution >= 0.6 is 0 Å². The van der Waals surface area contributed by atoms with Gasteiger partial charge in [0.05, 0.1) is 48.0 Å². The number of fused-ring (bicyclic) bond motifs is 5. The molecule has 2 unspecified atom stereocenters. The van der Waals surface area contributed by atoms with Gasteiger partial charge in [-0.1, -0.05) is 13.0 Å². The Morgan fingerprint density at radius 2 is 1.67 bits per heavy atom. The van der Waals surface area contributed by atoms with Crippen LogP contribution in [0.2, 0.25) is 0 Å². The van der Waals surface area contributed by atoms with E-state index in [9.17, 15) is 19.5 Å². The van der Waals surface area contributed by atoms with Gasteiger partial charge in [-0.15, -0.1) is 0 Å². The molecule has 82 heavy (non-hydrogen) atoms. The zero-order valence-electron chi connectivity index (χ0n) is 47.2. The Hall–Kier alpha value is -6.94. The highest BCUT2D eigenvalue weighted by Crippen LogP contribution is 2.46. The van der Waals surface area contributed by atoms with Gasteiger partial charge in [0, 0.05) is 82.6 Å². The van der Waals surface area contributed by atoms with Gasteiger partial charge in [-0.3, -0.25) is 14.4 Å². The molecule has 2 amide bonds. The van der Waals surface area contributed by atoms with Crippen LogP contribution in [-0.4, -0.2) is 160 Å². The van der Waals surface area contributed by atoms with Gasteiger partial charge in [0.1, 0.15) is 47.3 Å². The van der Waals surface area contributed by atoms with Crippen molar-refractivity contribution >= 4 is 62.6 Å². The number of aryl methyl sites for hydroxylation is 3. The fraction of sp³-hybridized carbons (Fsp3) is 0.567. The molecule has 2 aromatic carbocycles. The zero-order chi connectivity index (χ0) is 57.5. The number of carbonyl (C=O) groups excluding carboxylic acids is 3. The maximum Gasteiger partial charge on any atom is 0.409 e. The first kappa shape index (κ1) is 56.9. The number of aromatic nitrogens is 6. The maximum absolute atomic E-state index is 17.0. The summed E-state index contributed by atoms with van der Waals surface area (Å²) in [5.74, 6) is -4.74. The van der Waals surface area contributed by atoms with Crippen LogP contribution in [0.25, 0.3) is 44.0 Å². The lowest BCUT2D eigenvalue weighted by atomic mass is 9.79. The molecule has 0 bridgehead atoms. The standard InChI is InChI=1S/C34H37F2N5O3.C26H36F2N6O4/c1-2-23-25(35)8-6-20-16-22(42)17-24(27(20)23)30-29(36)31-28-26(37-30)9-7-21-18-43-15-5-14-41(21)32(28)39-33(38-31)44-19-34-10-3-12-40(34)13-4-11-34;1-29-24(36)20(5-4-16-35)22-19-6-7-21(30-23(19)32(2)31-22)33-12-8-17(9-13-33)26(27,28)18-10-14-34(15-11-18)25(37)38-3/h6,8,16-17,21,42H,2-5,7,9-15,18-19H2,1H3;6-7,16-18,20H,4-5,8-15H2,1-3H3,(H,29,36). The number of methoxy groups -OCH3 is 1. The molecule has 6 aliphatic heterocycles. The molecule has 6 aromatic rings. The van der Waals surface area contributed by atoms with E-state index in [0.29, 0.717) is 121 Å². The fourth-order valence-electron chi connectivity index (χ4n) is 14.0. The summed E-state index contributed by atoms with van der Waals surface area (Å²) in [4.78, 5) is 62.7. The van der Waals surface area contributed by atoms with Gasteiger partial charge in [-0.25, -0.2) is 32.3 Å². The van der Waals surface area contributed by atoms with Crippen LogP contribution in [0, 0.1) is 23.5 Å². The van der Waals surface area contributed by atoms with Crippen LogP contribution in [0.15, 0.2) is 36.4 Å². The Balaban J connectivity index is 0.000000174. The van der Waals surface area contributed by atoms with Crippen LogP contribution < -0.4 is 19.9 Å². The van der Waals surface area contributed by atoms with Crippen LogP contribution in [0.3, 0.4) is 0 Å². The number of nitrogens with zero attached hydrogens (tertiary/aromatic N) is 10. The van der Waals surface area contributed by atoms with E-state index in [1.165, 1.54) is 24.1 Å². The number of phenols is 1. The largest absolute Gasteiger partial charge is 0.508 e. The first-order valence-corrected chi connectivity index (χ1v) is 29.2. The first-order chi connectivity index (χ1) is 39.7. The van der Waals surface area contributed by atoms with Crippen molar-refractivity contribution in [2.75, 3.05) is 89.6 Å². The Morgan fingerprint density at radius 1 is 0.927 bits per heavy atom. The summed E-state index contributed by atoms with van der Waals surface area (Å²) in [6, 6.07) is 10.00. The molecule has 4 aromatic heterocycles. The molecule has 0 aliphatic carbocycles. The molecule has 2 N–H and O–H groups in total. The third-order valence-corrected chi connectivity index (χ3v) is 18.3. The smallest absolute Gasteiger partial charge is 0.409 e. The van der Waals surface area contributed by atoms with Gasteiger partial charge in [0.15, 0.2) is 11.5 Å². The molecule has 22 heteroatoms. The average Bonchev–Trinajstić information content (AvgIpc) is 4.18. The predicted octanol–water partition coefficient (Wildman–Crippen LogP) is 9.05. The summed E-state index contributed by atoms with van der Waals surface area (Å²) >= 11 is 0. The maximum atomic E-state index is 17.0. The molecule has 5 saturated heterocycles. The third-order valence-electron chi connectivity index (χ3n) is 18.3. The van der Waals surface area contributed by atoms with E-state index in [-0.39, 0.29) is 78.6 Å². The van der Waals surface area contributed by atoms with E-state index < -0.39 is 35.6 Å². The third kappa shape index (κ3) is 10.7. The number of ether oxygens (including phenoxy) is 3. The Morgan fingerprint density at radius 3 is 2.38 bits per heavy atom. The monoisotopic (exact) mass is 1140 g/mol. The number of pyridine rings is 2. The number of halogens is 4. The highest BCUT2D eigenvalue weighted by atomic mass is 19.3. The number of likely N-dealkylation sites (N-methyl/N-ethyl adjacent to an activating group) is 1. The summed E-state index contributed by atoms with van der Waals surface area (Å²) in [5, 5.41) is 20.4. The number of phenolic OH excluding ortho intramolecular Hbond substituents is 1. The number of alkyl halides is 2. The van der Waals surface area contributed by atoms with E-state index in [2.05, 4.69) is 20.2 Å². The second-order valence-corrected chi connectivity index (χ2v) is 22.9. The van der Waals surface area contributed by atoms with Gasteiger partial charge >= 0.3 is 12.1 Å². The molecule has 10 heterocycles. The van der Waals surface area contributed by atoms with Gasteiger partial charge in [0.2, 0.25) is 5.91 Å². The summed E-state index contributed by atoms with van der Waals surface area (Å²) < 4.78 is 81.6. The van der Waals surface area contributed by atoms with Gasteiger partial charge < -0.3 is 44.1 Å². The minimum Gasteiger partial charge on any atom is -0.508 e. The van der Waals surface area contributed by atoms with Crippen LogP contribution in [0.1, 0.15) is 107 Å². The number of benzene rings is 2. The number of aldehydes is 1. The average molecular weight is 1140 g/mol. The lowest BCUT2D eigenvalue weighted by molar-refractivity contribution is -0.128. The van der Waals surface area contributed by atoms with Crippen molar-refractivity contribution in [3.63, 3.8) is 0 Å². The van der Waals surface area contributed by atoms with Crippen molar-refractivity contribution in [1.82, 2.24) is 44.8 Å². The molecule has 6 aliphatic rings. The number of rotatable bonds is 13. The SMILES string of the molecule is CCc1c(F)ccc2cc(O)cc(-c3nc4c5c(nc(OCC67CCCN6CCC7)nc5c3F)N3CCCOCC3CC4)c12.CNC(=O)C(CCC=O)c1nn(C)c2nc(N3CCC(C(F)(F)C4CCN(C(=O)OC)CC4)CC3)ccc12. The van der Waals surface area contributed by atoms with Gasteiger partial charge in [0.25, 0.3) is 5.92 Å². The van der Waals surface area contributed by atoms with E-state index in [1.807, 2.05) is 24.0 Å². The van der Waals surface area contributed by atoms with Crippen molar-refractivity contribution in [3.05, 3.63) is 65.0 Å². The molecular weight excluding hydrogens is 1060 g/mol. The fourth-order valence-corrected chi connectivity index (χ4v) is 14.0. The molecule has 2 atom stereocenters. The Bertz CT molecular complexity index is 3360. The van der Waals surface area contributed by atoms with Crippen molar-refractivity contribution < 1.29 is 51.3 Å². The van der Waals surface area contributed by atoms with Gasteiger partial charge in [-0.05, 0) is 143 Å². The van der Waals surface area contributed by atoms with Crippen LogP contribution in [0.5, 0.6) is 11.8 Å². The number of likely N-dealkylation sites (tertiary alicyclic amines) is 1. The topological polar surface area (TPSA) is 193 Å². The normalized spacial score (nSPS) is 20.0. The summed E-state index contributed by atoms with van der Waals surface area (Å²) in [6.45, 7) is 7.95. The van der Waals surface area contributed by atoms with Crippen LogP contribution in [-0.2, 0) is 39.0 Å². The summed E-state index contributed by atoms with van der Waals surface area (Å²) in [6.07, 6.45) is 9.18. The molecule has 18 nitrogen and oxygen atoms in total. The van der Waals surface area contributed by atoms with Crippen molar-refractivity contribution in [2.45, 2.75) is 120 Å². The molecule has 0 spiro atoms. The predicted molar refractivity (Wildman–Crippen MR) is 302 cm³/mol. The molecule has 12 rings (SSSR count). The molecule has 5 fully saturated rings. The number of amides is 2. The van der Waals surface area contributed by atoms with Gasteiger partial charge in [-0.2, -0.15) is 15.1 Å². The quantitative estimate of drug-likeness (QED) is 0.0821. The number of hydrogen-bond acceptors (Lipinski definition) is 15. The highest BCUT2D eigenvalue weighted by Gasteiger charge is 2.49. The second-order valence-electron chi connectivity index (χ2n) is 22.9. The van der Waals surface area contributed by atoms with E-state index in [1.54, 1.807) is 30.9 Å². The molecule has 0 saturated carbocycles. The van der Waals surface area contributed by atoms with E-state index in [0.717, 1.165) is 69.8 Å². The molecule has 438 valence electrons. The summed E-state index contributed by atoms with van der Waals surface area (Å²) in [7, 11) is 4.60. The number of carbonyl (C=O) groups is 3. The van der Waals surface area contributed by atoms with Crippen molar-refractivity contribution in [3.8, 4) is 23.0 Å². The molecule has 0 radical (unpaired) electrons. The number of nitrogens with one attached hydrogen (secondary N) is 1. The minimum atomic E-state index is -2.79. The Kier molecular flexibility index (Phi) is 16.5. The zero-order valence-corrected chi connectivity index (χ0v) is 47.2. The van der Waals surface area contributed by atoms with Crippen LogP contribution in [0.4, 0.5) is 34.0 Å². The highest BCUT2D eigenvalue weighted by molar-refractivity contribution is 6.02. The minimum absolute atomic E-state index is 0.0143. The van der Waals surface area contributed by atoms with Crippen molar-refractivity contribution in [2.24, 2.45) is 18.9 Å².